The fourth-order valence-electron chi connectivity index (χ4n) is 2.76. The molecular weight excluding hydrogens is 302 g/mol. The molecule has 0 amide bonds. The van der Waals surface area contributed by atoms with Gasteiger partial charge in [0.1, 0.15) is 0 Å². The van der Waals surface area contributed by atoms with Gasteiger partial charge >= 0.3 is 0 Å². The molecule has 0 aromatic heterocycles. The minimum Gasteiger partial charge on any atom is -0.467 e. The molecule has 0 spiro atoms. The largest absolute Gasteiger partial charge is 0.467 e. The number of allylic oxidation sites excluding steroid dienone is 1. The Morgan fingerprint density at radius 2 is 2.05 bits per heavy atom. The Balaban J connectivity index is 1.83. The van der Waals surface area contributed by atoms with E-state index in [2.05, 4.69) is 39.0 Å². The van der Waals surface area contributed by atoms with E-state index >= 15 is 0 Å². The molecule has 2 atom stereocenters. The lowest BCUT2D eigenvalue weighted by molar-refractivity contribution is 0.109. The Bertz CT molecular complexity index is 593. The fraction of sp³-hybridized carbons (Fsp3) is 0.471. The number of ether oxygens (including phenoxy) is 1. The lowest BCUT2D eigenvalue weighted by Crippen LogP contribution is -2.40. The molecule has 3 rings (SSSR count). The van der Waals surface area contributed by atoms with Crippen LogP contribution >= 0.6 is 23.4 Å². The highest BCUT2D eigenvalue weighted by molar-refractivity contribution is 8.03. The summed E-state index contributed by atoms with van der Waals surface area (Å²) >= 11 is 7.72. The van der Waals surface area contributed by atoms with Gasteiger partial charge in [0.25, 0.3) is 0 Å². The number of fused-ring (bicyclic) bond motifs is 1. The molecule has 0 saturated heterocycles. The van der Waals surface area contributed by atoms with Crippen molar-refractivity contribution in [3.05, 3.63) is 40.3 Å². The first-order chi connectivity index (χ1) is 9.99. The predicted octanol–water partition coefficient (Wildman–Crippen LogP) is 5.32. The maximum absolute atomic E-state index is 6.26. The number of hydrogen-bond acceptors (Lipinski definition) is 3. The summed E-state index contributed by atoms with van der Waals surface area (Å²) in [6, 6.07) is 8.21. The highest BCUT2D eigenvalue weighted by atomic mass is 35.5. The van der Waals surface area contributed by atoms with Crippen molar-refractivity contribution >= 4 is 29.3 Å². The molecule has 1 aliphatic carbocycles. The van der Waals surface area contributed by atoms with Crippen molar-refractivity contribution in [2.45, 2.75) is 50.2 Å². The third-order valence-electron chi connectivity index (χ3n) is 4.03. The minimum absolute atomic E-state index is 0.245. The predicted molar refractivity (Wildman–Crippen MR) is 90.2 cm³/mol. The van der Waals surface area contributed by atoms with Crippen LogP contribution in [0.15, 0.2) is 45.1 Å². The van der Waals surface area contributed by atoms with Crippen molar-refractivity contribution in [1.82, 2.24) is 0 Å². The normalized spacial score (nSPS) is 28.0. The van der Waals surface area contributed by atoms with E-state index in [-0.39, 0.29) is 11.6 Å². The monoisotopic (exact) mass is 321 g/mol. The molecule has 0 radical (unpaired) electrons. The van der Waals surface area contributed by atoms with Gasteiger partial charge in [-0.05, 0) is 44.0 Å². The number of benzene rings is 1. The van der Waals surface area contributed by atoms with Gasteiger partial charge in [0.05, 0.1) is 6.04 Å². The molecule has 0 fully saturated rings. The van der Waals surface area contributed by atoms with Gasteiger partial charge in [-0.1, -0.05) is 43.3 Å². The van der Waals surface area contributed by atoms with E-state index in [0.29, 0.717) is 5.92 Å². The zero-order chi connectivity index (χ0) is 15.0. The zero-order valence-electron chi connectivity index (χ0n) is 12.6. The number of hydrogen-bond donors (Lipinski definition) is 0. The Morgan fingerprint density at radius 3 is 2.71 bits per heavy atom. The van der Waals surface area contributed by atoms with Gasteiger partial charge in [-0.3, -0.25) is 0 Å². The van der Waals surface area contributed by atoms with Crippen LogP contribution in [0.25, 0.3) is 0 Å². The van der Waals surface area contributed by atoms with Crippen LogP contribution in [-0.4, -0.2) is 17.5 Å². The number of rotatable bonds is 3. The third-order valence-corrected chi connectivity index (χ3v) is 5.58. The van der Waals surface area contributed by atoms with Gasteiger partial charge in [0.2, 0.25) is 0 Å². The Hall–Kier alpha value is -0.930. The van der Waals surface area contributed by atoms with Crippen molar-refractivity contribution in [1.29, 1.82) is 0 Å². The molecule has 1 aromatic rings. The average molecular weight is 322 g/mol. The highest BCUT2D eigenvalue weighted by Crippen LogP contribution is 2.47. The van der Waals surface area contributed by atoms with Crippen molar-refractivity contribution in [3.63, 3.8) is 0 Å². The van der Waals surface area contributed by atoms with E-state index in [1.807, 2.05) is 12.1 Å². The summed E-state index contributed by atoms with van der Waals surface area (Å²) in [4.78, 5) is 7.26. The van der Waals surface area contributed by atoms with E-state index in [1.54, 1.807) is 11.8 Å². The van der Waals surface area contributed by atoms with Crippen molar-refractivity contribution < 1.29 is 4.74 Å². The second kappa shape index (κ2) is 5.69. The molecule has 112 valence electrons. The van der Waals surface area contributed by atoms with E-state index < -0.39 is 0 Å². The molecule has 2 aliphatic rings. The summed E-state index contributed by atoms with van der Waals surface area (Å²) in [6.07, 6.45) is 4.43. The van der Waals surface area contributed by atoms with Crippen LogP contribution in [0, 0.1) is 5.92 Å². The number of aliphatic imine (C=N–C) groups is 1. The zero-order valence-corrected chi connectivity index (χ0v) is 14.2. The standard InChI is InChI=1S/C17H20ClNOS/c1-11(2)16-19-14-5-4-6-15(17(14,3)20-16)21-13-9-7-12(18)8-10-13/h6-11,14H,4-5H2,1-3H3/t14-,17-/m0/s1. The van der Waals surface area contributed by atoms with Gasteiger partial charge < -0.3 is 4.74 Å². The first kappa shape index (κ1) is 15.0. The summed E-state index contributed by atoms with van der Waals surface area (Å²) < 4.78 is 6.26. The van der Waals surface area contributed by atoms with Gasteiger partial charge in [-0.15, -0.1) is 0 Å². The summed E-state index contributed by atoms with van der Waals surface area (Å²) in [5.41, 5.74) is -0.303. The van der Waals surface area contributed by atoms with Crippen molar-refractivity contribution in [3.8, 4) is 0 Å². The van der Waals surface area contributed by atoms with Crippen molar-refractivity contribution in [2.24, 2.45) is 10.9 Å². The topological polar surface area (TPSA) is 21.6 Å². The summed E-state index contributed by atoms with van der Waals surface area (Å²) in [6.45, 7) is 6.44. The smallest absolute Gasteiger partial charge is 0.187 e. The summed E-state index contributed by atoms with van der Waals surface area (Å²) in [5, 5.41) is 0.767. The average Bonchev–Trinajstić information content (AvgIpc) is 2.80. The second-order valence-electron chi connectivity index (χ2n) is 6.05. The highest BCUT2D eigenvalue weighted by Gasteiger charge is 2.47. The molecule has 2 nitrogen and oxygen atoms in total. The molecule has 0 N–H and O–H groups in total. The summed E-state index contributed by atoms with van der Waals surface area (Å²) in [7, 11) is 0. The number of halogens is 1. The molecule has 1 aromatic carbocycles. The van der Waals surface area contributed by atoms with E-state index in [1.165, 1.54) is 9.80 Å². The first-order valence-corrected chi connectivity index (χ1v) is 8.59. The Kier molecular flexibility index (Phi) is 4.06. The quantitative estimate of drug-likeness (QED) is 0.751. The van der Waals surface area contributed by atoms with E-state index in [4.69, 9.17) is 21.3 Å². The van der Waals surface area contributed by atoms with Gasteiger partial charge in [-0.2, -0.15) is 0 Å². The van der Waals surface area contributed by atoms with Crippen LogP contribution in [-0.2, 0) is 4.74 Å². The minimum atomic E-state index is -0.303. The molecule has 21 heavy (non-hydrogen) atoms. The molecule has 4 heteroatoms. The van der Waals surface area contributed by atoms with E-state index in [0.717, 1.165) is 23.8 Å². The maximum Gasteiger partial charge on any atom is 0.187 e. The lowest BCUT2D eigenvalue weighted by atomic mass is 9.88. The molecule has 0 saturated carbocycles. The maximum atomic E-state index is 6.26. The van der Waals surface area contributed by atoms with Crippen molar-refractivity contribution in [2.75, 3.05) is 0 Å². The number of nitrogens with zero attached hydrogens (tertiary/aromatic N) is 1. The lowest BCUT2D eigenvalue weighted by Gasteiger charge is -2.35. The van der Waals surface area contributed by atoms with Gasteiger partial charge in [0, 0.05) is 20.7 Å². The van der Waals surface area contributed by atoms with Crippen LogP contribution in [0.3, 0.4) is 0 Å². The second-order valence-corrected chi connectivity index (χ2v) is 7.60. The van der Waals surface area contributed by atoms with Crippen LogP contribution < -0.4 is 0 Å². The van der Waals surface area contributed by atoms with Crippen LogP contribution in [0.1, 0.15) is 33.6 Å². The first-order valence-electron chi connectivity index (χ1n) is 7.40. The van der Waals surface area contributed by atoms with E-state index in [9.17, 15) is 0 Å². The molecule has 0 unspecified atom stereocenters. The molecule has 1 heterocycles. The Labute approximate surface area is 135 Å². The fourth-order valence-corrected chi connectivity index (χ4v) is 3.99. The van der Waals surface area contributed by atoms with Crippen LogP contribution in [0.2, 0.25) is 5.02 Å². The van der Waals surface area contributed by atoms with Gasteiger partial charge in [-0.25, -0.2) is 4.99 Å². The van der Waals surface area contributed by atoms with Crippen LogP contribution in [0.4, 0.5) is 0 Å². The van der Waals surface area contributed by atoms with Gasteiger partial charge in [0.15, 0.2) is 11.5 Å². The third kappa shape index (κ3) is 2.86. The molecule has 1 aliphatic heterocycles. The molecule has 0 bridgehead atoms. The Morgan fingerprint density at radius 1 is 1.33 bits per heavy atom. The number of thioether (sulfide) groups is 1. The SMILES string of the molecule is CC(C)C1=N[C@H]2CCC=C(Sc3ccc(Cl)cc3)[C@@]2(C)O1. The van der Waals surface area contributed by atoms with Crippen LogP contribution in [0.5, 0.6) is 0 Å². The summed E-state index contributed by atoms with van der Waals surface area (Å²) in [5.74, 6) is 1.24. The molecular formula is C17H20ClNOS.